The predicted molar refractivity (Wildman–Crippen MR) is 110 cm³/mol. The van der Waals surface area contributed by atoms with Gasteiger partial charge in [0.15, 0.2) is 17.7 Å². The summed E-state index contributed by atoms with van der Waals surface area (Å²) in [5.74, 6) is -2.12. The van der Waals surface area contributed by atoms with Crippen molar-refractivity contribution in [1.82, 2.24) is 16.2 Å². The summed E-state index contributed by atoms with van der Waals surface area (Å²) in [6.07, 6.45) is -0.802. The Morgan fingerprint density at radius 3 is 2.13 bits per heavy atom. The average molecular weight is 415 g/mol. The van der Waals surface area contributed by atoms with Crippen LogP contribution in [0.1, 0.15) is 38.8 Å². The second kappa shape index (κ2) is 10.9. The van der Waals surface area contributed by atoms with Gasteiger partial charge in [0.25, 0.3) is 11.8 Å². The highest BCUT2D eigenvalue weighted by Crippen LogP contribution is 2.17. The van der Waals surface area contributed by atoms with Gasteiger partial charge in [-0.25, -0.2) is 4.39 Å². The van der Waals surface area contributed by atoms with Crippen LogP contribution in [0.3, 0.4) is 0 Å². The molecule has 0 aliphatic rings. The quantitative estimate of drug-likeness (QED) is 0.578. The Morgan fingerprint density at radius 2 is 1.50 bits per heavy atom. The maximum Gasteiger partial charge on any atom is 0.279 e. The van der Waals surface area contributed by atoms with Gasteiger partial charge in [0, 0.05) is 6.42 Å². The van der Waals surface area contributed by atoms with Gasteiger partial charge in [-0.2, -0.15) is 0 Å². The molecule has 8 heteroatoms. The van der Waals surface area contributed by atoms with E-state index < -0.39 is 29.8 Å². The largest absolute Gasteiger partial charge is 0.478 e. The van der Waals surface area contributed by atoms with Gasteiger partial charge in [-0.05, 0) is 30.5 Å². The fourth-order valence-corrected chi connectivity index (χ4v) is 2.62. The number of rotatable bonds is 8. The highest BCUT2D eigenvalue weighted by atomic mass is 19.1. The highest BCUT2D eigenvalue weighted by Gasteiger charge is 2.24. The van der Waals surface area contributed by atoms with E-state index in [1.807, 2.05) is 13.8 Å². The Bertz CT molecular complexity index is 874. The molecule has 0 saturated heterocycles. The molecule has 30 heavy (non-hydrogen) atoms. The lowest BCUT2D eigenvalue weighted by Crippen LogP contribution is -2.51. The predicted octanol–water partition coefficient (Wildman–Crippen LogP) is 2.64. The van der Waals surface area contributed by atoms with Gasteiger partial charge in [-0.3, -0.25) is 25.2 Å². The van der Waals surface area contributed by atoms with Gasteiger partial charge in [0.2, 0.25) is 5.91 Å². The van der Waals surface area contributed by atoms with Crippen LogP contribution >= 0.6 is 0 Å². The first-order chi connectivity index (χ1) is 14.3. The highest BCUT2D eigenvalue weighted by molar-refractivity contribution is 5.90. The molecule has 3 N–H and O–H groups in total. The van der Waals surface area contributed by atoms with Crippen molar-refractivity contribution in [1.29, 1.82) is 0 Å². The lowest BCUT2D eigenvalue weighted by atomic mass is 10.0. The maximum absolute atomic E-state index is 13.7. The van der Waals surface area contributed by atoms with E-state index in [9.17, 15) is 18.8 Å². The van der Waals surface area contributed by atoms with E-state index in [2.05, 4.69) is 16.2 Å². The summed E-state index contributed by atoms with van der Waals surface area (Å²) in [5.41, 5.74) is 5.11. The molecule has 0 aliphatic heterocycles. The first kappa shape index (κ1) is 22.9. The SMILES string of the molecule is CC(C)CC(=O)NC(C(=O)NNC(=O)C(C)Oc1ccccc1F)c1ccccc1. The molecule has 2 rings (SSSR count). The molecule has 0 radical (unpaired) electrons. The summed E-state index contributed by atoms with van der Waals surface area (Å²) in [6.45, 7) is 5.22. The number of para-hydroxylation sites is 1. The van der Waals surface area contributed by atoms with Gasteiger partial charge in [0.05, 0.1) is 0 Å². The average Bonchev–Trinajstić information content (AvgIpc) is 2.71. The van der Waals surface area contributed by atoms with Crippen LogP contribution in [-0.4, -0.2) is 23.8 Å². The number of hydrogen-bond acceptors (Lipinski definition) is 4. The summed E-state index contributed by atoms with van der Waals surface area (Å²) in [5, 5.41) is 2.68. The van der Waals surface area contributed by atoms with Crippen molar-refractivity contribution in [3.05, 3.63) is 66.0 Å². The van der Waals surface area contributed by atoms with Gasteiger partial charge >= 0.3 is 0 Å². The first-order valence-electron chi connectivity index (χ1n) is 9.63. The minimum absolute atomic E-state index is 0.0745. The number of benzene rings is 2. The Balaban J connectivity index is 1.99. The minimum Gasteiger partial charge on any atom is -0.478 e. The number of halogens is 1. The number of nitrogens with one attached hydrogen (secondary N) is 3. The number of ether oxygens (including phenoxy) is 1. The first-order valence-corrected chi connectivity index (χ1v) is 9.63. The second-order valence-electron chi connectivity index (χ2n) is 7.18. The zero-order valence-corrected chi connectivity index (χ0v) is 17.1. The monoisotopic (exact) mass is 415 g/mol. The lowest BCUT2D eigenvalue weighted by molar-refractivity contribution is -0.134. The number of carbonyl (C=O) groups excluding carboxylic acids is 3. The fraction of sp³-hybridized carbons (Fsp3) is 0.318. The van der Waals surface area contributed by atoms with Gasteiger partial charge in [-0.1, -0.05) is 56.3 Å². The topological polar surface area (TPSA) is 96.5 Å². The molecule has 2 aromatic rings. The second-order valence-corrected chi connectivity index (χ2v) is 7.18. The molecule has 2 atom stereocenters. The van der Waals surface area contributed by atoms with E-state index in [0.29, 0.717) is 5.56 Å². The maximum atomic E-state index is 13.7. The molecule has 0 heterocycles. The number of hydrogen-bond donors (Lipinski definition) is 3. The molecule has 0 saturated carbocycles. The Hall–Kier alpha value is -3.42. The summed E-state index contributed by atoms with van der Waals surface area (Å²) >= 11 is 0. The lowest BCUT2D eigenvalue weighted by Gasteiger charge is -2.21. The van der Waals surface area contributed by atoms with Crippen LogP contribution in [0.25, 0.3) is 0 Å². The van der Waals surface area contributed by atoms with Crippen LogP contribution in [0.15, 0.2) is 54.6 Å². The van der Waals surface area contributed by atoms with Crippen LogP contribution in [-0.2, 0) is 14.4 Å². The van der Waals surface area contributed by atoms with Crippen molar-refractivity contribution < 1.29 is 23.5 Å². The Morgan fingerprint density at radius 1 is 0.900 bits per heavy atom. The number of carbonyl (C=O) groups is 3. The molecule has 0 fully saturated rings. The van der Waals surface area contributed by atoms with Crippen LogP contribution in [0.4, 0.5) is 4.39 Å². The molecule has 0 aromatic heterocycles. The fourth-order valence-electron chi connectivity index (χ4n) is 2.62. The Kier molecular flexibility index (Phi) is 8.34. The molecular weight excluding hydrogens is 389 g/mol. The van der Waals surface area contributed by atoms with E-state index in [0.717, 1.165) is 0 Å². The Labute approximate surface area is 175 Å². The summed E-state index contributed by atoms with van der Waals surface area (Å²) in [6, 6.07) is 13.4. The molecule has 0 aliphatic carbocycles. The van der Waals surface area contributed by atoms with Crippen LogP contribution in [0.2, 0.25) is 0 Å². The van der Waals surface area contributed by atoms with E-state index in [-0.39, 0.29) is 24.0 Å². The third-order valence-corrected chi connectivity index (χ3v) is 4.11. The van der Waals surface area contributed by atoms with E-state index >= 15 is 0 Å². The zero-order chi connectivity index (χ0) is 22.1. The molecule has 160 valence electrons. The molecule has 3 amide bonds. The van der Waals surface area contributed by atoms with Gasteiger partial charge in [-0.15, -0.1) is 0 Å². The smallest absolute Gasteiger partial charge is 0.279 e. The number of amides is 3. The van der Waals surface area contributed by atoms with Crippen molar-refractivity contribution in [2.45, 2.75) is 39.3 Å². The number of hydrazine groups is 1. The third-order valence-electron chi connectivity index (χ3n) is 4.11. The molecular formula is C22H26FN3O4. The molecule has 0 spiro atoms. The summed E-state index contributed by atoms with van der Waals surface area (Å²) in [7, 11) is 0. The van der Waals surface area contributed by atoms with Crippen LogP contribution < -0.4 is 20.9 Å². The molecule has 2 aromatic carbocycles. The normalized spacial score (nSPS) is 12.6. The van der Waals surface area contributed by atoms with E-state index in [1.54, 1.807) is 36.4 Å². The third kappa shape index (κ3) is 6.88. The van der Waals surface area contributed by atoms with Crippen molar-refractivity contribution in [3.63, 3.8) is 0 Å². The van der Waals surface area contributed by atoms with Crippen molar-refractivity contribution in [2.75, 3.05) is 0 Å². The van der Waals surface area contributed by atoms with Crippen LogP contribution in [0, 0.1) is 11.7 Å². The zero-order valence-electron chi connectivity index (χ0n) is 17.1. The molecule has 0 bridgehead atoms. The van der Waals surface area contributed by atoms with E-state index in [4.69, 9.17) is 4.74 Å². The van der Waals surface area contributed by atoms with Crippen LogP contribution in [0.5, 0.6) is 5.75 Å². The van der Waals surface area contributed by atoms with E-state index in [1.165, 1.54) is 25.1 Å². The summed E-state index contributed by atoms with van der Waals surface area (Å²) < 4.78 is 19.0. The molecule has 2 unspecified atom stereocenters. The minimum atomic E-state index is -1.06. The van der Waals surface area contributed by atoms with Gasteiger partial charge < -0.3 is 10.1 Å². The van der Waals surface area contributed by atoms with Gasteiger partial charge in [0.1, 0.15) is 6.04 Å². The van der Waals surface area contributed by atoms with Crippen molar-refractivity contribution in [3.8, 4) is 5.75 Å². The standard InChI is InChI=1S/C22H26FN3O4/c1-14(2)13-19(27)24-20(16-9-5-4-6-10-16)22(29)26-25-21(28)15(3)30-18-12-8-7-11-17(18)23/h4-12,14-15,20H,13H2,1-3H3,(H,24,27)(H,25,28)(H,26,29). The summed E-state index contributed by atoms with van der Waals surface area (Å²) in [4.78, 5) is 37.1. The van der Waals surface area contributed by atoms with Crippen molar-refractivity contribution >= 4 is 17.7 Å². The van der Waals surface area contributed by atoms with Crippen molar-refractivity contribution in [2.24, 2.45) is 5.92 Å². The molecule has 7 nitrogen and oxygen atoms in total.